The van der Waals surface area contributed by atoms with Crippen LogP contribution in [0.3, 0.4) is 0 Å². The Balaban J connectivity index is 1.46. The Bertz CT molecular complexity index is 1200. The van der Waals surface area contributed by atoms with Crippen molar-refractivity contribution in [2.75, 3.05) is 11.9 Å². The second-order valence-electron chi connectivity index (χ2n) is 7.62. The minimum Gasteiger partial charge on any atom is -0.326 e. The molecule has 1 aliphatic rings. The van der Waals surface area contributed by atoms with Crippen LogP contribution < -0.4 is 5.32 Å². The average Bonchev–Trinajstić information content (AvgIpc) is 3.12. The van der Waals surface area contributed by atoms with Crippen molar-refractivity contribution in [2.45, 2.75) is 18.1 Å². The van der Waals surface area contributed by atoms with Crippen LogP contribution in [0.2, 0.25) is 0 Å². The normalized spacial score (nSPS) is 16.6. The number of rotatable bonds is 8. The minimum atomic E-state index is -0.601. The molecule has 1 fully saturated rings. The molecular weight excluding hydrogens is 452 g/mol. The van der Waals surface area contributed by atoms with Crippen LogP contribution in [0, 0.1) is 10.1 Å². The predicted octanol–water partition coefficient (Wildman–Crippen LogP) is 4.80. The molecule has 0 aliphatic carbocycles. The zero-order chi connectivity index (χ0) is 23.9. The van der Waals surface area contributed by atoms with Gasteiger partial charge in [-0.1, -0.05) is 60.3 Å². The van der Waals surface area contributed by atoms with Crippen molar-refractivity contribution < 1.29 is 14.5 Å². The number of anilines is 1. The molecule has 1 heterocycles. The van der Waals surface area contributed by atoms with E-state index in [0.29, 0.717) is 23.8 Å². The number of non-ortho nitro benzene ring substituents is 1. The molecule has 1 aliphatic heterocycles. The van der Waals surface area contributed by atoms with Gasteiger partial charge in [-0.05, 0) is 36.2 Å². The smallest absolute Gasteiger partial charge is 0.269 e. The lowest BCUT2D eigenvalue weighted by Gasteiger charge is -2.16. The van der Waals surface area contributed by atoms with Crippen LogP contribution in [0.5, 0.6) is 0 Å². The minimum absolute atomic E-state index is 0.0316. The van der Waals surface area contributed by atoms with Gasteiger partial charge in [0.05, 0.1) is 10.6 Å². The maximum Gasteiger partial charge on any atom is 0.269 e. The zero-order valence-corrected chi connectivity index (χ0v) is 19.0. The monoisotopic (exact) mass is 474 g/mol. The molecule has 172 valence electrons. The molecule has 0 radical (unpaired) electrons. The summed E-state index contributed by atoms with van der Waals surface area (Å²) < 4.78 is 0. The molecule has 0 saturated carbocycles. The highest BCUT2D eigenvalue weighted by molar-refractivity contribution is 8.15. The first-order valence-corrected chi connectivity index (χ1v) is 11.6. The topological polar surface area (TPSA) is 105 Å². The first-order chi connectivity index (χ1) is 16.5. The fraction of sp³-hybridized carbons (Fsp3) is 0.160. The van der Waals surface area contributed by atoms with E-state index in [4.69, 9.17) is 0 Å². The lowest BCUT2D eigenvalue weighted by Crippen LogP contribution is -2.35. The number of hydrogen-bond donors (Lipinski definition) is 1. The van der Waals surface area contributed by atoms with E-state index < -0.39 is 10.2 Å². The second-order valence-corrected chi connectivity index (χ2v) is 8.79. The van der Waals surface area contributed by atoms with Crippen molar-refractivity contribution in [1.29, 1.82) is 0 Å². The van der Waals surface area contributed by atoms with Crippen molar-refractivity contribution in [3.8, 4) is 0 Å². The van der Waals surface area contributed by atoms with Gasteiger partial charge in [-0.2, -0.15) is 0 Å². The van der Waals surface area contributed by atoms with Crippen LogP contribution in [-0.2, 0) is 16.0 Å². The largest absolute Gasteiger partial charge is 0.326 e. The molecule has 9 heteroatoms. The maximum absolute atomic E-state index is 13.2. The molecule has 4 rings (SSSR count). The number of amides is 2. The van der Waals surface area contributed by atoms with E-state index in [1.165, 1.54) is 36.0 Å². The highest BCUT2D eigenvalue weighted by Gasteiger charge is 2.39. The van der Waals surface area contributed by atoms with Crippen molar-refractivity contribution in [3.63, 3.8) is 0 Å². The number of carbonyl (C=O) groups is 2. The summed E-state index contributed by atoms with van der Waals surface area (Å²) in [6.45, 7) is 0.460. The third-order valence-electron chi connectivity index (χ3n) is 5.20. The van der Waals surface area contributed by atoms with Gasteiger partial charge in [-0.3, -0.25) is 24.6 Å². The van der Waals surface area contributed by atoms with Gasteiger partial charge >= 0.3 is 0 Å². The predicted molar refractivity (Wildman–Crippen MR) is 133 cm³/mol. The van der Waals surface area contributed by atoms with Crippen molar-refractivity contribution in [1.82, 2.24) is 4.90 Å². The number of para-hydroxylation sites is 1. The quantitative estimate of drug-likeness (QED) is 0.373. The van der Waals surface area contributed by atoms with Gasteiger partial charge in [-0.25, -0.2) is 4.99 Å². The number of aliphatic imine (C=N–C) groups is 1. The number of nitrogens with one attached hydrogen (secondary N) is 1. The summed E-state index contributed by atoms with van der Waals surface area (Å²) in [6.07, 6.45) is 0.638. The van der Waals surface area contributed by atoms with Gasteiger partial charge < -0.3 is 5.32 Å². The van der Waals surface area contributed by atoms with Gasteiger partial charge in [0.1, 0.15) is 5.25 Å². The van der Waals surface area contributed by atoms with Gasteiger partial charge in [0.25, 0.3) is 5.69 Å². The number of amidine groups is 1. The summed E-state index contributed by atoms with van der Waals surface area (Å²) in [5, 5.41) is 13.5. The van der Waals surface area contributed by atoms with Crippen LogP contribution in [0.1, 0.15) is 12.0 Å². The number of thioether (sulfide) groups is 1. The summed E-state index contributed by atoms with van der Waals surface area (Å²) in [6, 6.07) is 24.8. The Morgan fingerprint density at radius 1 is 1.00 bits per heavy atom. The Morgan fingerprint density at radius 3 is 2.29 bits per heavy atom. The van der Waals surface area contributed by atoms with E-state index in [1.54, 1.807) is 4.90 Å². The van der Waals surface area contributed by atoms with E-state index in [2.05, 4.69) is 10.3 Å². The molecule has 0 aromatic heterocycles. The first kappa shape index (κ1) is 23.2. The van der Waals surface area contributed by atoms with Gasteiger partial charge in [-0.15, -0.1) is 0 Å². The molecular formula is C25H22N4O4S. The second kappa shape index (κ2) is 10.8. The highest BCUT2D eigenvalue weighted by Crippen LogP contribution is 2.32. The van der Waals surface area contributed by atoms with Crippen molar-refractivity contribution in [3.05, 3.63) is 101 Å². The van der Waals surface area contributed by atoms with Crippen LogP contribution >= 0.6 is 11.8 Å². The summed E-state index contributed by atoms with van der Waals surface area (Å²) in [7, 11) is 0. The number of nitro groups is 1. The molecule has 3 aromatic carbocycles. The fourth-order valence-electron chi connectivity index (χ4n) is 3.48. The van der Waals surface area contributed by atoms with E-state index in [-0.39, 0.29) is 23.9 Å². The van der Waals surface area contributed by atoms with Gasteiger partial charge in [0.2, 0.25) is 11.8 Å². The number of hydrogen-bond acceptors (Lipinski definition) is 6. The third kappa shape index (κ3) is 5.87. The Hall–Kier alpha value is -3.98. The van der Waals surface area contributed by atoms with Crippen LogP contribution in [0.15, 0.2) is 89.9 Å². The fourth-order valence-corrected chi connectivity index (χ4v) is 4.66. The standard InChI is InChI=1S/C25H22N4O4S/c30-23(26-20-11-13-21(14-12-20)29(32)33)17-22-24(31)28(16-15-18-7-3-1-4-8-18)25(34-22)27-19-9-5-2-6-10-19/h1-14,22H,15-17H2,(H,26,30)/t22-/m0/s1. The van der Waals surface area contributed by atoms with E-state index in [0.717, 1.165) is 11.3 Å². The third-order valence-corrected chi connectivity index (χ3v) is 6.38. The molecule has 0 spiro atoms. The summed E-state index contributed by atoms with van der Waals surface area (Å²) >= 11 is 1.28. The molecule has 3 aromatic rings. The molecule has 0 unspecified atom stereocenters. The molecule has 34 heavy (non-hydrogen) atoms. The summed E-state index contributed by atoms with van der Waals surface area (Å²) in [4.78, 5) is 42.4. The van der Waals surface area contributed by atoms with Crippen molar-refractivity contribution >= 4 is 45.8 Å². The molecule has 8 nitrogen and oxygen atoms in total. The molecule has 0 bridgehead atoms. The average molecular weight is 475 g/mol. The highest BCUT2D eigenvalue weighted by atomic mass is 32.2. The lowest BCUT2D eigenvalue weighted by molar-refractivity contribution is -0.384. The molecule has 1 N–H and O–H groups in total. The van der Waals surface area contributed by atoms with Crippen LogP contribution in [-0.4, -0.2) is 38.6 Å². The van der Waals surface area contributed by atoms with Gasteiger partial charge in [0.15, 0.2) is 5.17 Å². The lowest BCUT2D eigenvalue weighted by atomic mass is 10.1. The number of nitrogens with zero attached hydrogens (tertiary/aromatic N) is 3. The summed E-state index contributed by atoms with van der Waals surface area (Å²) in [5.41, 5.74) is 2.22. The van der Waals surface area contributed by atoms with Crippen LogP contribution in [0.25, 0.3) is 0 Å². The number of carbonyl (C=O) groups excluding carboxylic acids is 2. The van der Waals surface area contributed by atoms with E-state index >= 15 is 0 Å². The first-order valence-electron chi connectivity index (χ1n) is 10.7. The SMILES string of the molecule is O=C(C[C@@H]1SC(=Nc2ccccc2)N(CCc2ccccc2)C1=O)Nc1ccc([N+](=O)[O-])cc1. The number of nitro benzene ring substituents is 1. The van der Waals surface area contributed by atoms with Crippen molar-refractivity contribution in [2.24, 2.45) is 4.99 Å². The molecule has 1 atom stereocenters. The summed E-state index contributed by atoms with van der Waals surface area (Å²) in [5.74, 6) is -0.502. The maximum atomic E-state index is 13.2. The molecule has 1 saturated heterocycles. The van der Waals surface area contributed by atoms with E-state index in [1.807, 2.05) is 60.7 Å². The Labute approximate surface area is 200 Å². The van der Waals surface area contributed by atoms with Crippen LogP contribution in [0.4, 0.5) is 17.1 Å². The van der Waals surface area contributed by atoms with E-state index in [9.17, 15) is 19.7 Å². The number of benzene rings is 3. The Morgan fingerprint density at radius 2 is 1.65 bits per heavy atom. The molecule has 2 amide bonds. The van der Waals surface area contributed by atoms with Gasteiger partial charge in [0, 0.05) is 30.8 Å². The Kier molecular flexibility index (Phi) is 7.34. The zero-order valence-electron chi connectivity index (χ0n) is 18.2.